The van der Waals surface area contributed by atoms with Gasteiger partial charge >= 0.3 is 0 Å². The minimum atomic E-state index is 0.707. The van der Waals surface area contributed by atoms with Gasteiger partial charge < -0.3 is 5.32 Å². The van der Waals surface area contributed by atoms with Gasteiger partial charge in [-0.2, -0.15) is 0 Å². The van der Waals surface area contributed by atoms with E-state index < -0.39 is 0 Å². The fraction of sp³-hybridized carbons (Fsp3) is 0.625. The van der Waals surface area contributed by atoms with E-state index >= 15 is 0 Å². The Labute approximate surface area is 117 Å². The molecule has 0 amide bonds. The highest BCUT2D eigenvalue weighted by molar-refractivity contribution is 6.30. The van der Waals surface area contributed by atoms with Crippen LogP contribution in [-0.2, 0) is 6.42 Å². The highest BCUT2D eigenvalue weighted by atomic mass is 35.5. The molecular weight excluding hydrogens is 242 g/mol. The van der Waals surface area contributed by atoms with E-state index in [0.717, 1.165) is 30.5 Å². The topological polar surface area (TPSA) is 12.0 Å². The van der Waals surface area contributed by atoms with Crippen molar-refractivity contribution >= 4 is 11.6 Å². The zero-order chi connectivity index (χ0) is 13.4. The zero-order valence-corrected chi connectivity index (χ0v) is 12.6. The molecule has 1 rings (SSSR count). The third kappa shape index (κ3) is 4.99. The summed E-state index contributed by atoms with van der Waals surface area (Å²) in [5, 5.41) is 4.35. The standard InChI is InChI=1S/C16H26ClN/c1-4-14(5-2)15(12-18-6-3)10-13-8-7-9-16(17)11-13/h7-9,11,14-15,18H,4-6,10,12H2,1-3H3. The maximum absolute atomic E-state index is 6.06. The number of nitrogens with one attached hydrogen (secondary N) is 1. The maximum atomic E-state index is 6.06. The Morgan fingerprint density at radius 3 is 2.39 bits per heavy atom. The average Bonchev–Trinajstić information content (AvgIpc) is 2.37. The van der Waals surface area contributed by atoms with Crippen molar-refractivity contribution in [2.45, 2.75) is 40.0 Å². The van der Waals surface area contributed by atoms with Gasteiger partial charge in [0.2, 0.25) is 0 Å². The van der Waals surface area contributed by atoms with E-state index in [2.05, 4.69) is 44.3 Å². The largest absolute Gasteiger partial charge is 0.317 e. The van der Waals surface area contributed by atoms with Crippen molar-refractivity contribution in [1.29, 1.82) is 0 Å². The Balaban J connectivity index is 2.70. The number of hydrogen-bond acceptors (Lipinski definition) is 1. The Morgan fingerprint density at radius 1 is 1.11 bits per heavy atom. The summed E-state index contributed by atoms with van der Waals surface area (Å²) in [5.41, 5.74) is 1.36. The van der Waals surface area contributed by atoms with Gasteiger partial charge in [0.1, 0.15) is 0 Å². The molecule has 0 saturated carbocycles. The Kier molecular flexibility index (Phi) is 7.38. The smallest absolute Gasteiger partial charge is 0.0408 e. The van der Waals surface area contributed by atoms with E-state index in [4.69, 9.17) is 11.6 Å². The Morgan fingerprint density at radius 2 is 1.83 bits per heavy atom. The number of halogens is 1. The van der Waals surface area contributed by atoms with Gasteiger partial charge in [0.15, 0.2) is 0 Å². The van der Waals surface area contributed by atoms with Gasteiger partial charge in [-0.15, -0.1) is 0 Å². The second-order valence-electron chi connectivity index (χ2n) is 4.98. The molecule has 0 heterocycles. The molecule has 0 aliphatic rings. The molecular formula is C16H26ClN. The third-order valence-corrected chi connectivity index (χ3v) is 3.99. The van der Waals surface area contributed by atoms with Crippen LogP contribution in [0.3, 0.4) is 0 Å². The highest BCUT2D eigenvalue weighted by Crippen LogP contribution is 2.24. The van der Waals surface area contributed by atoms with Crippen molar-refractivity contribution in [3.8, 4) is 0 Å². The second kappa shape index (κ2) is 8.55. The molecule has 0 aliphatic heterocycles. The lowest BCUT2D eigenvalue weighted by Gasteiger charge is -2.26. The summed E-state index contributed by atoms with van der Waals surface area (Å²) >= 11 is 6.06. The van der Waals surface area contributed by atoms with Crippen molar-refractivity contribution < 1.29 is 0 Å². The Bertz CT molecular complexity index is 334. The van der Waals surface area contributed by atoms with Crippen LogP contribution in [0.4, 0.5) is 0 Å². The molecule has 0 radical (unpaired) electrons. The minimum absolute atomic E-state index is 0.707. The van der Waals surface area contributed by atoms with Crippen LogP contribution in [0.1, 0.15) is 39.2 Å². The van der Waals surface area contributed by atoms with Gasteiger partial charge in [-0.1, -0.05) is 57.3 Å². The quantitative estimate of drug-likeness (QED) is 0.729. The van der Waals surface area contributed by atoms with Crippen molar-refractivity contribution in [3.63, 3.8) is 0 Å². The van der Waals surface area contributed by atoms with Gasteiger partial charge in [-0.3, -0.25) is 0 Å². The summed E-state index contributed by atoms with van der Waals surface area (Å²) in [6.07, 6.45) is 3.64. The van der Waals surface area contributed by atoms with E-state index in [1.807, 2.05) is 6.07 Å². The van der Waals surface area contributed by atoms with Crippen molar-refractivity contribution in [2.24, 2.45) is 11.8 Å². The van der Waals surface area contributed by atoms with Gasteiger partial charge in [0, 0.05) is 5.02 Å². The third-order valence-electron chi connectivity index (χ3n) is 3.76. The fourth-order valence-corrected chi connectivity index (χ4v) is 2.87. The highest BCUT2D eigenvalue weighted by Gasteiger charge is 2.18. The van der Waals surface area contributed by atoms with Gasteiger partial charge in [0.25, 0.3) is 0 Å². The van der Waals surface area contributed by atoms with Crippen LogP contribution in [0.25, 0.3) is 0 Å². The molecule has 1 nitrogen and oxygen atoms in total. The van der Waals surface area contributed by atoms with Crippen LogP contribution in [0.2, 0.25) is 5.02 Å². The molecule has 1 N–H and O–H groups in total. The summed E-state index contributed by atoms with van der Waals surface area (Å²) in [4.78, 5) is 0. The predicted molar refractivity (Wildman–Crippen MR) is 81.3 cm³/mol. The van der Waals surface area contributed by atoms with Gasteiger partial charge in [0.05, 0.1) is 0 Å². The van der Waals surface area contributed by atoms with Crippen LogP contribution in [0.5, 0.6) is 0 Å². The van der Waals surface area contributed by atoms with E-state index in [9.17, 15) is 0 Å². The average molecular weight is 268 g/mol. The lowest BCUT2D eigenvalue weighted by Crippen LogP contribution is -2.29. The number of hydrogen-bond donors (Lipinski definition) is 1. The first-order valence-electron chi connectivity index (χ1n) is 7.16. The molecule has 1 atom stereocenters. The molecule has 2 heteroatoms. The molecule has 0 aliphatic carbocycles. The summed E-state index contributed by atoms with van der Waals surface area (Å²) in [5.74, 6) is 1.50. The lowest BCUT2D eigenvalue weighted by atomic mass is 9.83. The van der Waals surface area contributed by atoms with Crippen LogP contribution in [0, 0.1) is 11.8 Å². The van der Waals surface area contributed by atoms with E-state index in [0.29, 0.717) is 5.92 Å². The lowest BCUT2D eigenvalue weighted by molar-refractivity contribution is 0.300. The minimum Gasteiger partial charge on any atom is -0.317 e. The molecule has 0 spiro atoms. The normalized spacial score (nSPS) is 12.9. The second-order valence-corrected chi connectivity index (χ2v) is 5.41. The van der Waals surface area contributed by atoms with Crippen molar-refractivity contribution in [2.75, 3.05) is 13.1 Å². The molecule has 0 fully saturated rings. The number of rotatable bonds is 8. The van der Waals surface area contributed by atoms with Crippen molar-refractivity contribution in [1.82, 2.24) is 5.32 Å². The first kappa shape index (κ1) is 15.5. The first-order valence-corrected chi connectivity index (χ1v) is 7.54. The summed E-state index contributed by atoms with van der Waals surface area (Å²) < 4.78 is 0. The van der Waals surface area contributed by atoms with Crippen LogP contribution in [0.15, 0.2) is 24.3 Å². The van der Waals surface area contributed by atoms with Crippen LogP contribution in [-0.4, -0.2) is 13.1 Å². The predicted octanol–water partition coefficient (Wildman–Crippen LogP) is 4.54. The SMILES string of the molecule is CCNCC(Cc1cccc(Cl)c1)C(CC)CC. The maximum Gasteiger partial charge on any atom is 0.0408 e. The molecule has 102 valence electrons. The first-order chi connectivity index (χ1) is 8.71. The van der Waals surface area contributed by atoms with Crippen LogP contribution >= 0.6 is 11.6 Å². The van der Waals surface area contributed by atoms with Crippen molar-refractivity contribution in [3.05, 3.63) is 34.9 Å². The molecule has 0 aromatic heterocycles. The fourth-order valence-electron chi connectivity index (χ4n) is 2.66. The van der Waals surface area contributed by atoms with E-state index in [-0.39, 0.29) is 0 Å². The van der Waals surface area contributed by atoms with Gasteiger partial charge in [-0.05, 0) is 49.0 Å². The molecule has 0 bridgehead atoms. The zero-order valence-electron chi connectivity index (χ0n) is 11.9. The van der Waals surface area contributed by atoms with E-state index in [1.165, 1.54) is 18.4 Å². The molecule has 1 aromatic rings. The van der Waals surface area contributed by atoms with E-state index in [1.54, 1.807) is 0 Å². The molecule has 18 heavy (non-hydrogen) atoms. The summed E-state index contributed by atoms with van der Waals surface area (Å²) in [6.45, 7) is 8.92. The monoisotopic (exact) mass is 267 g/mol. The van der Waals surface area contributed by atoms with Crippen LogP contribution < -0.4 is 5.32 Å². The Hall–Kier alpha value is -0.530. The van der Waals surface area contributed by atoms with Gasteiger partial charge in [-0.25, -0.2) is 0 Å². The molecule has 1 unspecified atom stereocenters. The summed E-state index contributed by atoms with van der Waals surface area (Å²) in [6, 6.07) is 8.28. The molecule has 1 aromatic carbocycles. The molecule has 0 saturated heterocycles. The summed E-state index contributed by atoms with van der Waals surface area (Å²) in [7, 11) is 0. The number of benzene rings is 1.